The second-order valence-electron chi connectivity index (χ2n) is 6.36. The Labute approximate surface area is 124 Å². The van der Waals surface area contributed by atoms with E-state index >= 15 is 0 Å². The summed E-state index contributed by atoms with van der Waals surface area (Å²) in [5.41, 5.74) is 0.110. The van der Waals surface area contributed by atoms with Crippen molar-refractivity contribution in [2.24, 2.45) is 5.92 Å². The second kappa shape index (κ2) is 5.45. The van der Waals surface area contributed by atoms with E-state index in [1.807, 2.05) is 25.4 Å². The lowest BCUT2D eigenvalue weighted by atomic mass is 9.94. The van der Waals surface area contributed by atoms with Gasteiger partial charge in [-0.05, 0) is 19.3 Å². The number of likely N-dealkylation sites (tertiary alicyclic amines) is 2. The van der Waals surface area contributed by atoms with Crippen LogP contribution in [0, 0.1) is 5.92 Å². The molecule has 1 aromatic heterocycles. The number of hydrogen-bond donors (Lipinski definition) is 0. The summed E-state index contributed by atoms with van der Waals surface area (Å²) in [5.74, 6) is 0.441. The number of thiazole rings is 1. The summed E-state index contributed by atoms with van der Waals surface area (Å²) in [5, 5.41) is 3.22. The number of nitrogens with zero attached hydrogens (tertiary/aromatic N) is 3. The monoisotopic (exact) mass is 293 g/mol. The maximum absolute atomic E-state index is 12.4. The van der Waals surface area contributed by atoms with E-state index in [1.165, 1.54) is 11.4 Å². The zero-order chi connectivity index (χ0) is 14.2. The number of aromatic nitrogens is 1. The van der Waals surface area contributed by atoms with Gasteiger partial charge in [0.2, 0.25) is 5.91 Å². The first kappa shape index (κ1) is 14.0. The van der Waals surface area contributed by atoms with Gasteiger partial charge < -0.3 is 4.90 Å². The van der Waals surface area contributed by atoms with Crippen molar-refractivity contribution in [2.75, 3.05) is 19.6 Å². The fourth-order valence-corrected chi connectivity index (χ4v) is 4.27. The van der Waals surface area contributed by atoms with Gasteiger partial charge >= 0.3 is 0 Å². The zero-order valence-electron chi connectivity index (χ0n) is 12.3. The lowest BCUT2D eigenvalue weighted by Gasteiger charge is -2.36. The first-order valence-corrected chi connectivity index (χ1v) is 8.41. The lowest BCUT2D eigenvalue weighted by Crippen LogP contribution is -2.50. The number of amides is 1. The molecule has 0 radical (unpaired) electrons. The van der Waals surface area contributed by atoms with E-state index < -0.39 is 0 Å². The van der Waals surface area contributed by atoms with Gasteiger partial charge in [0, 0.05) is 37.1 Å². The fourth-order valence-electron chi connectivity index (χ4n) is 3.62. The molecule has 5 heteroatoms. The van der Waals surface area contributed by atoms with Crippen LogP contribution in [0.2, 0.25) is 0 Å². The summed E-state index contributed by atoms with van der Waals surface area (Å²) in [4.78, 5) is 21.4. The molecule has 0 aliphatic carbocycles. The molecule has 2 fully saturated rings. The molecule has 20 heavy (non-hydrogen) atoms. The van der Waals surface area contributed by atoms with Crippen molar-refractivity contribution in [2.45, 2.75) is 45.2 Å². The minimum atomic E-state index is 0.109. The van der Waals surface area contributed by atoms with Crippen molar-refractivity contribution in [3.8, 4) is 0 Å². The van der Waals surface area contributed by atoms with Crippen LogP contribution in [0.4, 0.5) is 0 Å². The van der Waals surface area contributed by atoms with E-state index in [4.69, 9.17) is 0 Å². The Hall–Kier alpha value is -0.940. The largest absolute Gasteiger partial charge is 0.335 e. The van der Waals surface area contributed by atoms with Crippen molar-refractivity contribution in [3.05, 3.63) is 16.6 Å². The second-order valence-corrected chi connectivity index (χ2v) is 7.34. The molecule has 0 bridgehead atoms. The third kappa shape index (κ3) is 2.49. The van der Waals surface area contributed by atoms with Gasteiger partial charge in [-0.2, -0.15) is 0 Å². The van der Waals surface area contributed by atoms with Gasteiger partial charge in [0.1, 0.15) is 5.01 Å². The van der Waals surface area contributed by atoms with Gasteiger partial charge in [-0.3, -0.25) is 9.69 Å². The number of carbonyl (C=O) groups is 1. The molecule has 0 aromatic carbocycles. The Bertz CT molecular complexity index is 473. The molecule has 1 amide bonds. The van der Waals surface area contributed by atoms with Gasteiger partial charge in [-0.1, -0.05) is 13.8 Å². The standard InChI is InChI=1S/C15H23N3OS/c1-12(2)14(19)18-7-3-4-15(18)5-8-17(11-15)10-13-16-6-9-20-13/h6,9,12H,3-5,7-8,10-11H2,1-2H3. The van der Waals surface area contributed by atoms with Crippen LogP contribution in [0.1, 0.15) is 38.1 Å². The summed E-state index contributed by atoms with van der Waals surface area (Å²) < 4.78 is 0. The minimum Gasteiger partial charge on any atom is -0.335 e. The van der Waals surface area contributed by atoms with Crippen LogP contribution in [0.3, 0.4) is 0 Å². The average Bonchev–Trinajstić information content (AvgIpc) is 3.12. The summed E-state index contributed by atoms with van der Waals surface area (Å²) in [6, 6.07) is 0. The van der Waals surface area contributed by atoms with E-state index in [-0.39, 0.29) is 11.5 Å². The third-order valence-corrected chi connectivity index (χ3v) is 5.37. The molecule has 110 valence electrons. The van der Waals surface area contributed by atoms with Crippen LogP contribution < -0.4 is 0 Å². The van der Waals surface area contributed by atoms with E-state index in [1.54, 1.807) is 11.3 Å². The van der Waals surface area contributed by atoms with Gasteiger partial charge in [-0.25, -0.2) is 4.98 Å². The zero-order valence-corrected chi connectivity index (χ0v) is 13.2. The van der Waals surface area contributed by atoms with Crippen molar-refractivity contribution >= 4 is 17.2 Å². The Morgan fingerprint density at radius 3 is 3.00 bits per heavy atom. The van der Waals surface area contributed by atoms with Crippen molar-refractivity contribution in [1.29, 1.82) is 0 Å². The average molecular weight is 293 g/mol. The maximum Gasteiger partial charge on any atom is 0.225 e. The Kier molecular flexibility index (Phi) is 3.82. The molecule has 1 atom stereocenters. The summed E-state index contributed by atoms with van der Waals surface area (Å²) in [6.45, 7) is 8.00. The Morgan fingerprint density at radius 1 is 1.45 bits per heavy atom. The number of carbonyl (C=O) groups excluding carboxylic acids is 1. The molecule has 1 spiro atoms. The van der Waals surface area contributed by atoms with Crippen molar-refractivity contribution in [1.82, 2.24) is 14.8 Å². The van der Waals surface area contributed by atoms with E-state index in [9.17, 15) is 4.79 Å². The van der Waals surface area contributed by atoms with Gasteiger partial charge in [0.25, 0.3) is 0 Å². The molecule has 2 saturated heterocycles. The first-order chi connectivity index (χ1) is 9.61. The first-order valence-electron chi connectivity index (χ1n) is 7.53. The van der Waals surface area contributed by atoms with E-state index in [0.29, 0.717) is 5.91 Å². The summed E-state index contributed by atoms with van der Waals surface area (Å²) in [7, 11) is 0. The SMILES string of the molecule is CC(C)C(=O)N1CCCC12CCN(Cc1nccs1)C2. The quantitative estimate of drug-likeness (QED) is 0.858. The molecule has 1 aromatic rings. The predicted octanol–water partition coefficient (Wildman–Crippen LogP) is 2.37. The summed E-state index contributed by atoms with van der Waals surface area (Å²) in [6.07, 6.45) is 5.32. The van der Waals surface area contributed by atoms with Crippen molar-refractivity contribution in [3.63, 3.8) is 0 Å². The highest BCUT2D eigenvalue weighted by molar-refractivity contribution is 7.09. The molecule has 0 saturated carbocycles. The molecular weight excluding hydrogens is 270 g/mol. The van der Waals surface area contributed by atoms with Gasteiger partial charge in [-0.15, -0.1) is 11.3 Å². The van der Waals surface area contributed by atoms with E-state index in [0.717, 1.165) is 39.0 Å². The highest BCUT2D eigenvalue weighted by atomic mass is 32.1. The van der Waals surface area contributed by atoms with Crippen LogP contribution >= 0.6 is 11.3 Å². The smallest absolute Gasteiger partial charge is 0.225 e. The maximum atomic E-state index is 12.4. The van der Waals surface area contributed by atoms with Crippen LogP contribution in [0.5, 0.6) is 0 Å². The Balaban J connectivity index is 1.69. The molecule has 3 heterocycles. The molecule has 0 N–H and O–H groups in total. The summed E-state index contributed by atoms with van der Waals surface area (Å²) >= 11 is 1.72. The normalized spacial score (nSPS) is 27.1. The lowest BCUT2D eigenvalue weighted by molar-refractivity contribution is -0.138. The van der Waals surface area contributed by atoms with Crippen LogP contribution in [0.25, 0.3) is 0 Å². The molecule has 2 aliphatic rings. The third-order valence-electron chi connectivity index (χ3n) is 4.61. The fraction of sp³-hybridized carbons (Fsp3) is 0.733. The topological polar surface area (TPSA) is 36.4 Å². The molecule has 1 unspecified atom stereocenters. The van der Waals surface area contributed by atoms with Crippen LogP contribution in [0.15, 0.2) is 11.6 Å². The Morgan fingerprint density at radius 2 is 2.30 bits per heavy atom. The molecule has 4 nitrogen and oxygen atoms in total. The van der Waals surface area contributed by atoms with Gasteiger partial charge in [0.05, 0.1) is 12.1 Å². The predicted molar refractivity (Wildman–Crippen MR) is 80.5 cm³/mol. The van der Waals surface area contributed by atoms with Crippen LogP contribution in [-0.2, 0) is 11.3 Å². The molecular formula is C15H23N3OS. The highest BCUT2D eigenvalue weighted by Crippen LogP contribution is 2.38. The van der Waals surface area contributed by atoms with Gasteiger partial charge in [0.15, 0.2) is 0 Å². The highest BCUT2D eigenvalue weighted by Gasteiger charge is 2.48. The number of hydrogen-bond acceptors (Lipinski definition) is 4. The molecule has 2 aliphatic heterocycles. The number of rotatable bonds is 3. The minimum absolute atomic E-state index is 0.109. The van der Waals surface area contributed by atoms with Crippen molar-refractivity contribution < 1.29 is 4.79 Å². The molecule has 3 rings (SSSR count). The van der Waals surface area contributed by atoms with Crippen LogP contribution in [-0.4, -0.2) is 45.9 Å². The van der Waals surface area contributed by atoms with E-state index in [2.05, 4.69) is 14.8 Å².